The number of hydrogen-bond acceptors (Lipinski definition) is 3. The summed E-state index contributed by atoms with van der Waals surface area (Å²) in [4.78, 5) is 5.25. The Morgan fingerprint density at radius 3 is 2.69 bits per heavy atom. The monoisotopic (exact) mass is 238 g/mol. The number of thioether (sulfide) groups is 1. The molecule has 4 heteroatoms. The van der Waals surface area contributed by atoms with Crippen molar-refractivity contribution in [2.45, 2.75) is 31.1 Å². The molecule has 1 aromatic carbocycles. The Kier molecular flexibility index (Phi) is 6.69. The van der Waals surface area contributed by atoms with Crippen molar-refractivity contribution < 1.29 is 5.21 Å². The Morgan fingerprint density at radius 1 is 1.31 bits per heavy atom. The largest absolute Gasteiger partial charge is 0.290 e. The zero-order valence-electron chi connectivity index (χ0n) is 9.52. The Hall–Kier alpha value is -1.00. The van der Waals surface area contributed by atoms with Crippen molar-refractivity contribution in [3.05, 3.63) is 24.3 Å². The Balaban J connectivity index is 2.36. The predicted molar refractivity (Wildman–Crippen MR) is 69.8 cm³/mol. The second-order valence-corrected chi connectivity index (χ2v) is 4.61. The molecule has 0 atom stereocenters. The van der Waals surface area contributed by atoms with Gasteiger partial charge in [-0.15, -0.1) is 11.8 Å². The van der Waals surface area contributed by atoms with Gasteiger partial charge in [0.05, 0.1) is 5.69 Å². The Morgan fingerprint density at radius 2 is 2.06 bits per heavy atom. The van der Waals surface area contributed by atoms with Gasteiger partial charge in [-0.2, -0.15) is 0 Å². The molecule has 0 bridgehead atoms. The smallest absolute Gasteiger partial charge is 0.113 e. The maximum Gasteiger partial charge on any atom is 0.113 e. The summed E-state index contributed by atoms with van der Waals surface area (Å²) in [6.07, 6.45) is 5.10. The average Bonchev–Trinajstić information content (AvgIpc) is 2.33. The summed E-state index contributed by atoms with van der Waals surface area (Å²) in [5.41, 5.74) is 2.72. The van der Waals surface area contributed by atoms with Crippen molar-refractivity contribution in [1.82, 2.24) is 5.48 Å². The van der Waals surface area contributed by atoms with Crippen molar-refractivity contribution in [2.24, 2.45) is 4.99 Å². The van der Waals surface area contributed by atoms with Crippen LogP contribution in [0.5, 0.6) is 0 Å². The first-order valence-electron chi connectivity index (χ1n) is 5.52. The third kappa shape index (κ3) is 5.19. The van der Waals surface area contributed by atoms with Gasteiger partial charge in [-0.25, -0.2) is 4.99 Å². The third-order valence-corrected chi connectivity index (χ3v) is 3.22. The topological polar surface area (TPSA) is 44.6 Å². The van der Waals surface area contributed by atoms with Crippen LogP contribution in [-0.2, 0) is 0 Å². The molecule has 2 N–H and O–H groups in total. The quantitative estimate of drug-likeness (QED) is 0.251. The summed E-state index contributed by atoms with van der Waals surface area (Å²) in [6, 6.07) is 7.99. The van der Waals surface area contributed by atoms with E-state index in [4.69, 9.17) is 5.21 Å². The zero-order chi connectivity index (χ0) is 11.6. The standard InChI is InChI=1S/C12H18N2OS/c1-2-3-4-9-16-12-7-5-11(6-8-12)13-10-14-15/h5-8,10,15H,2-4,9H2,1H3,(H,13,14). The number of rotatable bonds is 7. The number of aliphatic imine (C=N–C) groups is 1. The maximum absolute atomic E-state index is 8.35. The molecule has 0 spiro atoms. The van der Waals surface area contributed by atoms with Gasteiger partial charge in [0.2, 0.25) is 0 Å². The average molecular weight is 238 g/mol. The summed E-state index contributed by atoms with van der Waals surface area (Å²) in [6.45, 7) is 2.21. The molecule has 3 nitrogen and oxygen atoms in total. The van der Waals surface area contributed by atoms with E-state index in [1.165, 1.54) is 36.2 Å². The molecule has 1 aromatic rings. The number of nitrogens with zero attached hydrogens (tertiary/aromatic N) is 1. The first-order chi connectivity index (χ1) is 7.86. The molecule has 16 heavy (non-hydrogen) atoms. The van der Waals surface area contributed by atoms with Gasteiger partial charge in [0.25, 0.3) is 0 Å². The highest BCUT2D eigenvalue weighted by Crippen LogP contribution is 2.22. The zero-order valence-corrected chi connectivity index (χ0v) is 10.3. The molecule has 0 aromatic heterocycles. The molecule has 0 aliphatic heterocycles. The van der Waals surface area contributed by atoms with Crippen LogP contribution in [0.3, 0.4) is 0 Å². The van der Waals surface area contributed by atoms with E-state index in [1.54, 1.807) is 0 Å². The fourth-order valence-electron chi connectivity index (χ4n) is 1.27. The minimum atomic E-state index is 0.833. The third-order valence-electron chi connectivity index (χ3n) is 2.12. The molecule has 0 heterocycles. The second kappa shape index (κ2) is 8.19. The molecule has 0 saturated carbocycles. The van der Waals surface area contributed by atoms with Crippen molar-refractivity contribution in [1.29, 1.82) is 0 Å². The lowest BCUT2D eigenvalue weighted by atomic mass is 10.3. The van der Waals surface area contributed by atoms with E-state index in [0.29, 0.717) is 0 Å². The fourth-order valence-corrected chi connectivity index (χ4v) is 2.19. The summed E-state index contributed by atoms with van der Waals surface area (Å²) in [5.74, 6) is 1.18. The molecule has 0 radical (unpaired) electrons. The SMILES string of the molecule is CCCCCSc1ccc(N=CNO)cc1. The van der Waals surface area contributed by atoms with Crippen molar-refractivity contribution in [3.63, 3.8) is 0 Å². The van der Waals surface area contributed by atoms with E-state index >= 15 is 0 Å². The normalized spacial score (nSPS) is 10.9. The molecule has 88 valence electrons. The summed E-state index contributed by atoms with van der Waals surface area (Å²) in [7, 11) is 0. The molecular weight excluding hydrogens is 220 g/mol. The van der Waals surface area contributed by atoms with Crippen molar-refractivity contribution in [3.8, 4) is 0 Å². The van der Waals surface area contributed by atoms with Crippen LogP contribution in [0.25, 0.3) is 0 Å². The lowest BCUT2D eigenvalue weighted by Gasteiger charge is -2.01. The number of hydrogen-bond donors (Lipinski definition) is 2. The van der Waals surface area contributed by atoms with E-state index in [-0.39, 0.29) is 0 Å². The molecule has 0 unspecified atom stereocenters. The predicted octanol–water partition coefficient (Wildman–Crippen LogP) is 3.61. The van der Waals surface area contributed by atoms with Crippen LogP contribution in [0, 0.1) is 0 Å². The van der Waals surface area contributed by atoms with Gasteiger partial charge in [0.1, 0.15) is 6.34 Å². The van der Waals surface area contributed by atoms with Crippen LogP contribution in [0.1, 0.15) is 26.2 Å². The summed E-state index contributed by atoms with van der Waals surface area (Å²) >= 11 is 1.88. The number of benzene rings is 1. The lowest BCUT2D eigenvalue weighted by molar-refractivity contribution is 0.240. The molecular formula is C12H18N2OS. The van der Waals surface area contributed by atoms with Crippen molar-refractivity contribution >= 4 is 23.8 Å². The van der Waals surface area contributed by atoms with E-state index in [0.717, 1.165) is 5.69 Å². The first-order valence-corrected chi connectivity index (χ1v) is 6.50. The highest BCUT2D eigenvalue weighted by atomic mass is 32.2. The van der Waals surface area contributed by atoms with E-state index in [1.807, 2.05) is 29.4 Å². The molecule has 1 rings (SSSR count). The van der Waals surface area contributed by atoms with E-state index in [2.05, 4.69) is 24.0 Å². The van der Waals surface area contributed by atoms with Gasteiger partial charge in [0.15, 0.2) is 0 Å². The number of hydroxylamine groups is 1. The number of nitrogens with one attached hydrogen (secondary N) is 1. The molecule has 0 amide bonds. The van der Waals surface area contributed by atoms with Crippen LogP contribution in [0.15, 0.2) is 34.2 Å². The molecule has 0 fully saturated rings. The molecule has 0 aliphatic carbocycles. The molecule has 0 aliphatic rings. The van der Waals surface area contributed by atoms with Gasteiger partial charge in [0, 0.05) is 4.90 Å². The van der Waals surface area contributed by atoms with Crippen molar-refractivity contribution in [2.75, 3.05) is 5.75 Å². The van der Waals surface area contributed by atoms with Gasteiger partial charge >= 0.3 is 0 Å². The van der Waals surface area contributed by atoms with Crippen LogP contribution < -0.4 is 5.48 Å². The highest BCUT2D eigenvalue weighted by Gasteiger charge is 1.94. The Labute approximate surface area is 101 Å². The maximum atomic E-state index is 8.35. The minimum Gasteiger partial charge on any atom is -0.290 e. The molecule has 0 saturated heterocycles. The number of unbranched alkanes of at least 4 members (excludes halogenated alkanes) is 2. The van der Waals surface area contributed by atoms with Gasteiger partial charge in [-0.1, -0.05) is 19.8 Å². The second-order valence-electron chi connectivity index (χ2n) is 3.44. The van der Waals surface area contributed by atoms with Crippen LogP contribution in [0.4, 0.5) is 5.69 Å². The summed E-state index contributed by atoms with van der Waals surface area (Å²) < 4.78 is 0. The van der Waals surface area contributed by atoms with Gasteiger partial charge < -0.3 is 0 Å². The van der Waals surface area contributed by atoms with Crippen LogP contribution in [-0.4, -0.2) is 17.3 Å². The first kappa shape index (κ1) is 13.1. The lowest BCUT2D eigenvalue weighted by Crippen LogP contribution is -2.00. The fraction of sp³-hybridized carbons (Fsp3) is 0.417. The minimum absolute atomic E-state index is 0.833. The van der Waals surface area contributed by atoms with Crippen LogP contribution >= 0.6 is 11.8 Å². The summed E-state index contributed by atoms with van der Waals surface area (Å²) in [5, 5.41) is 8.35. The van der Waals surface area contributed by atoms with E-state index in [9.17, 15) is 0 Å². The van der Waals surface area contributed by atoms with Gasteiger partial charge in [-0.3, -0.25) is 10.7 Å². The van der Waals surface area contributed by atoms with E-state index < -0.39 is 0 Å². The van der Waals surface area contributed by atoms with Crippen LogP contribution in [0.2, 0.25) is 0 Å². The van der Waals surface area contributed by atoms with Gasteiger partial charge in [-0.05, 0) is 36.4 Å². The highest BCUT2D eigenvalue weighted by molar-refractivity contribution is 7.99. The Bertz CT molecular complexity index is 311.